The van der Waals surface area contributed by atoms with Crippen molar-refractivity contribution in [3.8, 4) is 17.2 Å². The number of carbonyl (C=O) groups is 1. The maximum absolute atomic E-state index is 12.3. The number of methoxy groups -OCH3 is 2. The van der Waals surface area contributed by atoms with E-state index >= 15 is 0 Å². The molecule has 1 atom stereocenters. The molecule has 0 bridgehead atoms. The van der Waals surface area contributed by atoms with Gasteiger partial charge in [0.15, 0.2) is 18.1 Å². The molecule has 2 aromatic rings. The lowest BCUT2D eigenvalue weighted by Crippen LogP contribution is -2.32. The molecule has 0 aliphatic rings. The number of benzene rings is 2. The third-order valence-electron chi connectivity index (χ3n) is 4.47. The average Bonchev–Trinajstić information content (AvgIpc) is 2.70. The fraction of sp³-hybridized carbons (Fsp3) is 0.409. The maximum atomic E-state index is 12.3. The van der Waals surface area contributed by atoms with Crippen molar-refractivity contribution in [3.05, 3.63) is 53.6 Å². The summed E-state index contributed by atoms with van der Waals surface area (Å²) >= 11 is 0. The molecule has 0 spiro atoms. The molecule has 0 radical (unpaired) electrons. The largest absolute Gasteiger partial charge is 0.493 e. The molecule has 1 amide bonds. The monoisotopic (exact) mass is 371 g/mol. The first-order valence-electron chi connectivity index (χ1n) is 9.22. The fourth-order valence-electron chi connectivity index (χ4n) is 2.82. The highest BCUT2D eigenvalue weighted by Crippen LogP contribution is 2.30. The van der Waals surface area contributed by atoms with Gasteiger partial charge < -0.3 is 19.5 Å². The summed E-state index contributed by atoms with van der Waals surface area (Å²) in [5.41, 5.74) is 2.20. The molecule has 146 valence electrons. The van der Waals surface area contributed by atoms with Crippen LogP contribution in [0.2, 0.25) is 0 Å². The first-order valence-corrected chi connectivity index (χ1v) is 9.22. The molecule has 0 aliphatic carbocycles. The molecular formula is C22H29NO4. The van der Waals surface area contributed by atoms with Gasteiger partial charge in [0.25, 0.3) is 5.91 Å². The number of ether oxygens (including phenoxy) is 3. The molecule has 27 heavy (non-hydrogen) atoms. The second-order valence-corrected chi connectivity index (χ2v) is 6.66. The number of hydrogen-bond acceptors (Lipinski definition) is 4. The highest BCUT2D eigenvalue weighted by atomic mass is 16.5. The highest BCUT2D eigenvalue weighted by Gasteiger charge is 2.15. The molecule has 0 saturated heterocycles. The third kappa shape index (κ3) is 5.64. The van der Waals surface area contributed by atoms with Gasteiger partial charge in [0, 0.05) is 0 Å². The van der Waals surface area contributed by atoms with E-state index < -0.39 is 0 Å². The predicted octanol–water partition coefficient (Wildman–Crippen LogP) is 4.47. The number of hydrogen-bond donors (Lipinski definition) is 1. The first-order chi connectivity index (χ1) is 13.0. The summed E-state index contributed by atoms with van der Waals surface area (Å²) < 4.78 is 16.2. The van der Waals surface area contributed by atoms with Crippen LogP contribution in [-0.2, 0) is 4.79 Å². The quantitative estimate of drug-likeness (QED) is 0.706. The van der Waals surface area contributed by atoms with E-state index in [0.717, 1.165) is 12.0 Å². The molecular weight excluding hydrogens is 342 g/mol. The number of rotatable bonds is 9. The molecule has 0 heterocycles. The molecule has 0 unspecified atom stereocenters. The van der Waals surface area contributed by atoms with Gasteiger partial charge in [0.2, 0.25) is 0 Å². The molecule has 0 aromatic heterocycles. The third-order valence-corrected chi connectivity index (χ3v) is 4.47. The van der Waals surface area contributed by atoms with Crippen LogP contribution in [0.3, 0.4) is 0 Å². The van der Waals surface area contributed by atoms with Crippen molar-refractivity contribution < 1.29 is 19.0 Å². The van der Waals surface area contributed by atoms with Gasteiger partial charge in [-0.25, -0.2) is 0 Å². The number of nitrogens with one attached hydrogen (secondary N) is 1. The lowest BCUT2D eigenvalue weighted by atomic mass is 10.0. The topological polar surface area (TPSA) is 56.8 Å². The summed E-state index contributed by atoms with van der Waals surface area (Å²) in [5.74, 6) is 2.30. The van der Waals surface area contributed by atoms with Crippen molar-refractivity contribution in [1.82, 2.24) is 5.32 Å². The van der Waals surface area contributed by atoms with Crippen molar-refractivity contribution in [3.63, 3.8) is 0 Å². The van der Waals surface area contributed by atoms with E-state index in [-0.39, 0.29) is 18.6 Å². The summed E-state index contributed by atoms with van der Waals surface area (Å²) in [5, 5.41) is 3.01. The minimum Gasteiger partial charge on any atom is -0.493 e. The highest BCUT2D eigenvalue weighted by molar-refractivity contribution is 5.78. The number of amides is 1. The van der Waals surface area contributed by atoms with Crippen LogP contribution < -0.4 is 19.5 Å². The van der Waals surface area contributed by atoms with Crippen molar-refractivity contribution in [2.45, 2.75) is 39.2 Å². The molecule has 5 heteroatoms. The fourth-order valence-corrected chi connectivity index (χ4v) is 2.82. The minimum atomic E-state index is -0.162. The summed E-state index contributed by atoms with van der Waals surface area (Å²) in [4.78, 5) is 12.3. The van der Waals surface area contributed by atoms with Crippen LogP contribution >= 0.6 is 0 Å². The van der Waals surface area contributed by atoms with Crippen LogP contribution in [0.25, 0.3) is 0 Å². The standard InChI is InChI=1S/C22H29NO4/c1-6-19(17-9-12-20(25-4)21(13-17)26-5)23-22(24)14-27-18-10-7-16(8-11-18)15(2)3/h7-13,15,19H,6,14H2,1-5H3,(H,23,24)/t19-/m1/s1. The van der Waals surface area contributed by atoms with E-state index in [4.69, 9.17) is 14.2 Å². The van der Waals surface area contributed by atoms with E-state index in [9.17, 15) is 4.79 Å². The van der Waals surface area contributed by atoms with Gasteiger partial charge in [-0.2, -0.15) is 0 Å². The number of carbonyl (C=O) groups excluding carboxylic acids is 1. The minimum absolute atomic E-state index is 0.0230. The molecule has 2 rings (SSSR count). The Hall–Kier alpha value is -2.69. The van der Waals surface area contributed by atoms with E-state index in [1.54, 1.807) is 14.2 Å². The molecule has 1 N–H and O–H groups in total. The SMILES string of the molecule is CC[C@@H](NC(=O)COc1ccc(C(C)C)cc1)c1ccc(OC)c(OC)c1. The maximum Gasteiger partial charge on any atom is 0.258 e. The van der Waals surface area contributed by atoms with Gasteiger partial charge >= 0.3 is 0 Å². The van der Waals surface area contributed by atoms with Crippen molar-refractivity contribution in [1.29, 1.82) is 0 Å². The zero-order valence-electron chi connectivity index (χ0n) is 16.7. The molecule has 0 saturated carbocycles. The Morgan fingerprint density at radius 2 is 1.59 bits per heavy atom. The zero-order valence-corrected chi connectivity index (χ0v) is 16.7. The van der Waals surface area contributed by atoms with E-state index in [1.807, 2.05) is 49.4 Å². The molecule has 2 aromatic carbocycles. The summed E-state index contributed by atoms with van der Waals surface area (Å²) in [6, 6.07) is 13.4. The molecule has 0 aliphatic heterocycles. The van der Waals surface area contributed by atoms with Gasteiger partial charge in [-0.3, -0.25) is 4.79 Å². The molecule has 0 fully saturated rings. The first kappa shape index (κ1) is 20.6. The van der Waals surface area contributed by atoms with Crippen LogP contribution in [0, 0.1) is 0 Å². The lowest BCUT2D eigenvalue weighted by molar-refractivity contribution is -0.123. The summed E-state index contributed by atoms with van der Waals surface area (Å²) in [7, 11) is 3.20. The van der Waals surface area contributed by atoms with E-state index in [2.05, 4.69) is 19.2 Å². The van der Waals surface area contributed by atoms with Gasteiger partial charge in [-0.15, -0.1) is 0 Å². The van der Waals surface area contributed by atoms with E-state index in [1.165, 1.54) is 5.56 Å². The lowest BCUT2D eigenvalue weighted by Gasteiger charge is -2.19. The van der Waals surface area contributed by atoms with Crippen LogP contribution in [0.15, 0.2) is 42.5 Å². The van der Waals surface area contributed by atoms with Gasteiger partial charge in [0.05, 0.1) is 20.3 Å². The Morgan fingerprint density at radius 1 is 0.963 bits per heavy atom. The summed E-state index contributed by atoms with van der Waals surface area (Å²) in [6.45, 7) is 6.28. The Labute approximate surface area is 161 Å². The Balaban J connectivity index is 1.96. The second-order valence-electron chi connectivity index (χ2n) is 6.66. The van der Waals surface area contributed by atoms with Gasteiger partial charge in [-0.1, -0.05) is 39.0 Å². The van der Waals surface area contributed by atoms with Gasteiger partial charge in [-0.05, 0) is 47.7 Å². The Morgan fingerprint density at radius 3 is 2.15 bits per heavy atom. The second kappa shape index (κ2) is 9.86. The Kier molecular flexibility index (Phi) is 7.53. The summed E-state index contributed by atoms with van der Waals surface area (Å²) in [6.07, 6.45) is 0.754. The van der Waals surface area contributed by atoms with Crippen LogP contribution in [0.5, 0.6) is 17.2 Å². The van der Waals surface area contributed by atoms with Crippen molar-refractivity contribution in [2.75, 3.05) is 20.8 Å². The Bertz CT molecular complexity index is 740. The normalized spacial score (nSPS) is 11.8. The average molecular weight is 371 g/mol. The van der Waals surface area contributed by atoms with Crippen LogP contribution in [0.1, 0.15) is 50.3 Å². The van der Waals surface area contributed by atoms with Crippen LogP contribution in [-0.4, -0.2) is 26.7 Å². The molecule has 5 nitrogen and oxygen atoms in total. The smallest absolute Gasteiger partial charge is 0.258 e. The zero-order chi connectivity index (χ0) is 19.8. The van der Waals surface area contributed by atoms with Crippen molar-refractivity contribution >= 4 is 5.91 Å². The van der Waals surface area contributed by atoms with Gasteiger partial charge in [0.1, 0.15) is 5.75 Å². The predicted molar refractivity (Wildman–Crippen MR) is 107 cm³/mol. The van der Waals surface area contributed by atoms with E-state index in [0.29, 0.717) is 23.2 Å². The van der Waals surface area contributed by atoms with Crippen LogP contribution in [0.4, 0.5) is 0 Å². The van der Waals surface area contributed by atoms with Crippen molar-refractivity contribution in [2.24, 2.45) is 0 Å².